The van der Waals surface area contributed by atoms with Gasteiger partial charge < -0.3 is 0 Å². The van der Waals surface area contributed by atoms with Crippen molar-refractivity contribution in [3.63, 3.8) is 0 Å². The summed E-state index contributed by atoms with van der Waals surface area (Å²) in [7, 11) is 0. The Bertz CT molecular complexity index is 550. The average Bonchev–Trinajstić information content (AvgIpc) is 2.67. The Hall–Kier alpha value is -1.13. The molecule has 96 valence electrons. The van der Waals surface area contributed by atoms with Crippen LogP contribution in [0.5, 0.6) is 0 Å². The lowest BCUT2D eigenvalue weighted by molar-refractivity contribution is 0.144. The minimum absolute atomic E-state index is 0.0929. The van der Waals surface area contributed by atoms with Crippen LogP contribution in [-0.2, 0) is 5.88 Å². The fourth-order valence-corrected chi connectivity index (χ4v) is 2.23. The highest BCUT2D eigenvalue weighted by molar-refractivity contribution is 6.31. The van der Waals surface area contributed by atoms with Crippen LogP contribution in [0.3, 0.4) is 0 Å². The van der Waals surface area contributed by atoms with Crippen LogP contribution in [0.1, 0.15) is 23.2 Å². The first kappa shape index (κ1) is 13.3. The van der Waals surface area contributed by atoms with Crippen LogP contribution in [0.15, 0.2) is 24.3 Å². The number of halogens is 4. The fourth-order valence-electron chi connectivity index (χ4n) is 1.60. The molecule has 0 saturated heterocycles. The topological polar surface area (TPSA) is 17.8 Å². The highest BCUT2D eigenvalue weighted by atomic mass is 35.5. The lowest BCUT2D eigenvalue weighted by Gasteiger charge is -2.03. The number of aryl methyl sites for hydroxylation is 1. The van der Waals surface area contributed by atoms with E-state index in [0.29, 0.717) is 5.69 Å². The predicted molar refractivity (Wildman–Crippen MR) is 67.8 cm³/mol. The highest BCUT2D eigenvalue weighted by Crippen LogP contribution is 2.31. The largest absolute Gasteiger partial charge is 0.282 e. The van der Waals surface area contributed by atoms with E-state index >= 15 is 0 Å². The van der Waals surface area contributed by atoms with Crippen LogP contribution >= 0.6 is 23.2 Å². The zero-order valence-electron chi connectivity index (χ0n) is 9.50. The van der Waals surface area contributed by atoms with Gasteiger partial charge >= 0.3 is 0 Å². The van der Waals surface area contributed by atoms with Crippen LogP contribution in [0.25, 0.3) is 5.69 Å². The Morgan fingerprint density at radius 1 is 1.28 bits per heavy atom. The van der Waals surface area contributed by atoms with Gasteiger partial charge in [-0.2, -0.15) is 5.10 Å². The molecule has 0 atom stereocenters. The first-order valence-corrected chi connectivity index (χ1v) is 6.14. The standard InChI is InChI=1S/C12H10Cl2F2N2/c1-7-2-4-8(5-3-7)18-11(14)9(6-13)10(17-18)12(15)16/h2-5,12H,6H2,1H3. The third-order valence-corrected chi connectivity index (χ3v) is 3.23. The van der Waals surface area contributed by atoms with Gasteiger partial charge in [-0.15, -0.1) is 11.6 Å². The van der Waals surface area contributed by atoms with Crippen LogP contribution in [-0.4, -0.2) is 9.78 Å². The molecule has 0 aliphatic rings. The Labute approximate surface area is 113 Å². The third kappa shape index (κ3) is 2.35. The van der Waals surface area contributed by atoms with Crippen LogP contribution in [0.4, 0.5) is 8.78 Å². The molecule has 2 rings (SSSR count). The molecule has 0 fully saturated rings. The molecular weight excluding hydrogens is 281 g/mol. The van der Waals surface area contributed by atoms with E-state index in [1.807, 2.05) is 19.1 Å². The maximum absolute atomic E-state index is 12.8. The summed E-state index contributed by atoms with van der Waals surface area (Å²) in [5, 5.41) is 3.96. The Morgan fingerprint density at radius 2 is 1.89 bits per heavy atom. The molecule has 0 amide bonds. The maximum atomic E-state index is 12.8. The summed E-state index contributed by atoms with van der Waals surface area (Å²) in [4.78, 5) is 0. The van der Waals surface area contributed by atoms with Crippen molar-refractivity contribution in [2.75, 3.05) is 0 Å². The Morgan fingerprint density at radius 3 is 2.33 bits per heavy atom. The number of benzene rings is 1. The molecule has 1 aromatic heterocycles. The molecule has 0 N–H and O–H groups in total. The van der Waals surface area contributed by atoms with Gasteiger partial charge in [-0.25, -0.2) is 13.5 Å². The van der Waals surface area contributed by atoms with Gasteiger partial charge in [-0.3, -0.25) is 0 Å². The van der Waals surface area contributed by atoms with Gasteiger partial charge in [-0.05, 0) is 19.1 Å². The third-order valence-electron chi connectivity index (χ3n) is 2.57. The molecule has 0 saturated carbocycles. The number of hydrogen-bond donors (Lipinski definition) is 0. The smallest absolute Gasteiger partial charge is 0.221 e. The lowest BCUT2D eigenvalue weighted by Crippen LogP contribution is -1.97. The summed E-state index contributed by atoms with van der Waals surface area (Å²) in [5.41, 5.74) is 1.50. The van der Waals surface area contributed by atoms with E-state index in [4.69, 9.17) is 23.2 Å². The summed E-state index contributed by atoms with van der Waals surface area (Å²) in [5.74, 6) is -0.0929. The van der Waals surface area contributed by atoms with E-state index < -0.39 is 6.43 Å². The van der Waals surface area contributed by atoms with Crippen LogP contribution < -0.4 is 0 Å². The summed E-state index contributed by atoms with van der Waals surface area (Å²) < 4.78 is 26.9. The van der Waals surface area contributed by atoms with Crippen LogP contribution in [0.2, 0.25) is 5.15 Å². The molecule has 0 aliphatic carbocycles. The first-order valence-electron chi connectivity index (χ1n) is 5.23. The van der Waals surface area contributed by atoms with Gasteiger partial charge in [0.2, 0.25) is 0 Å². The fraction of sp³-hybridized carbons (Fsp3) is 0.250. The number of alkyl halides is 3. The SMILES string of the molecule is Cc1ccc(-n2nc(C(F)F)c(CCl)c2Cl)cc1. The van der Waals surface area contributed by atoms with Gasteiger partial charge in [-0.1, -0.05) is 29.3 Å². The minimum atomic E-state index is -2.69. The molecular formula is C12H10Cl2F2N2. The monoisotopic (exact) mass is 290 g/mol. The van der Waals surface area contributed by atoms with E-state index in [9.17, 15) is 8.78 Å². The van der Waals surface area contributed by atoms with E-state index in [2.05, 4.69) is 5.10 Å². The van der Waals surface area contributed by atoms with Gasteiger partial charge in [0.1, 0.15) is 10.8 Å². The average molecular weight is 291 g/mol. The Kier molecular flexibility index (Phi) is 3.88. The van der Waals surface area contributed by atoms with Crippen molar-refractivity contribution in [2.24, 2.45) is 0 Å². The van der Waals surface area contributed by atoms with Crippen molar-refractivity contribution in [3.05, 3.63) is 46.2 Å². The van der Waals surface area contributed by atoms with E-state index in [1.54, 1.807) is 12.1 Å². The van der Waals surface area contributed by atoms with E-state index in [0.717, 1.165) is 5.56 Å². The van der Waals surface area contributed by atoms with Crippen molar-refractivity contribution in [1.82, 2.24) is 9.78 Å². The summed E-state index contributed by atoms with van der Waals surface area (Å²) >= 11 is 11.7. The summed E-state index contributed by atoms with van der Waals surface area (Å²) in [6, 6.07) is 7.24. The van der Waals surface area contributed by atoms with Gasteiger partial charge in [0, 0.05) is 5.56 Å². The number of hydrogen-bond acceptors (Lipinski definition) is 1. The molecule has 0 aliphatic heterocycles. The van der Waals surface area contributed by atoms with Crippen LogP contribution in [0, 0.1) is 6.92 Å². The lowest BCUT2D eigenvalue weighted by atomic mass is 10.2. The normalized spacial score (nSPS) is 11.2. The number of nitrogens with zero attached hydrogens (tertiary/aromatic N) is 2. The van der Waals surface area contributed by atoms with Gasteiger partial charge in [0.05, 0.1) is 11.6 Å². The second-order valence-corrected chi connectivity index (χ2v) is 4.46. The molecule has 2 aromatic rings. The molecule has 1 heterocycles. The molecule has 1 aromatic carbocycles. The Balaban J connectivity index is 2.55. The van der Waals surface area contributed by atoms with Crippen molar-refractivity contribution in [1.29, 1.82) is 0 Å². The molecule has 0 bridgehead atoms. The molecule has 0 radical (unpaired) electrons. The molecule has 0 spiro atoms. The van der Waals surface area contributed by atoms with Gasteiger partial charge in [0.15, 0.2) is 0 Å². The van der Waals surface area contributed by atoms with E-state index in [1.165, 1.54) is 4.68 Å². The summed E-state index contributed by atoms with van der Waals surface area (Å²) in [6.07, 6.45) is -2.69. The second-order valence-electron chi connectivity index (χ2n) is 3.84. The molecule has 18 heavy (non-hydrogen) atoms. The second kappa shape index (κ2) is 5.24. The first-order chi connectivity index (χ1) is 8.54. The highest BCUT2D eigenvalue weighted by Gasteiger charge is 2.22. The van der Waals surface area contributed by atoms with E-state index in [-0.39, 0.29) is 22.3 Å². The van der Waals surface area contributed by atoms with Gasteiger partial charge in [0.25, 0.3) is 6.43 Å². The molecule has 2 nitrogen and oxygen atoms in total. The zero-order chi connectivity index (χ0) is 13.3. The van der Waals surface area contributed by atoms with Crippen molar-refractivity contribution < 1.29 is 8.78 Å². The predicted octanol–water partition coefficient (Wildman–Crippen LogP) is 4.51. The number of rotatable bonds is 3. The maximum Gasteiger partial charge on any atom is 0.282 e. The molecule has 0 unspecified atom stereocenters. The zero-order valence-corrected chi connectivity index (χ0v) is 11.0. The quantitative estimate of drug-likeness (QED) is 0.761. The molecule has 6 heteroatoms. The van der Waals surface area contributed by atoms with Crippen molar-refractivity contribution in [3.8, 4) is 5.69 Å². The minimum Gasteiger partial charge on any atom is -0.221 e. The number of aromatic nitrogens is 2. The van der Waals surface area contributed by atoms with Crippen molar-refractivity contribution >= 4 is 23.2 Å². The van der Waals surface area contributed by atoms with Crippen molar-refractivity contribution in [2.45, 2.75) is 19.2 Å². The summed E-state index contributed by atoms with van der Waals surface area (Å²) in [6.45, 7) is 1.93.